The van der Waals surface area contributed by atoms with E-state index >= 15 is 0 Å². The summed E-state index contributed by atoms with van der Waals surface area (Å²) < 4.78 is 0. The number of carbonyl (C=O) groups excluding carboxylic acids is 2. The normalized spacial score (nSPS) is 11.7. The summed E-state index contributed by atoms with van der Waals surface area (Å²) in [7, 11) is 0. The second-order valence-corrected chi connectivity index (χ2v) is 7.95. The van der Waals surface area contributed by atoms with Crippen LogP contribution in [0.15, 0.2) is 91.0 Å². The summed E-state index contributed by atoms with van der Waals surface area (Å²) in [5, 5.41) is 3.06. The molecule has 1 atom stereocenters. The molecule has 3 aromatic carbocycles. The standard InChI is InChI=1S/C27H30N2O2/c1-21(2)27(31)29(20-23-14-8-4-9-15-23)25(24-16-10-5-11-17-24)26(30)28-19-18-22-12-6-3-7-13-22/h3-17,21,25H,18-20H2,1-2H3,(H,28,30)/t25-/m0/s1. The maximum absolute atomic E-state index is 13.4. The summed E-state index contributed by atoms with van der Waals surface area (Å²) in [5.41, 5.74) is 2.97. The highest BCUT2D eigenvalue weighted by molar-refractivity contribution is 5.89. The Labute approximate surface area is 184 Å². The van der Waals surface area contributed by atoms with Gasteiger partial charge in [-0.15, -0.1) is 0 Å². The van der Waals surface area contributed by atoms with Crippen molar-refractivity contribution in [1.29, 1.82) is 0 Å². The van der Waals surface area contributed by atoms with Crippen molar-refractivity contribution in [2.45, 2.75) is 32.9 Å². The van der Waals surface area contributed by atoms with Crippen molar-refractivity contribution in [3.8, 4) is 0 Å². The third-order valence-electron chi connectivity index (χ3n) is 5.20. The third-order valence-corrected chi connectivity index (χ3v) is 5.20. The highest BCUT2D eigenvalue weighted by atomic mass is 16.2. The largest absolute Gasteiger partial charge is 0.354 e. The van der Waals surface area contributed by atoms with E-state index in [9.17, 15) is 9.59 Å². The molecule has 0 fully saturated rings. The van der Waals surface area contributed by atoms with Gasteiger partial charge >= 0.3 is 0 Å². The fourth-order valence-corrected chi connectivity index (χ4v) is 3.59. The lowest BCUT2D eigenvalue weighted by atomic mass is 10.0. The lowest BCUT2D eigenvalue weighted by Crippen LogP contribution is -2.45. The van der Waals surface area contributed by atoms with E-state index in [1.165, 1.54) is 5.56 Å². The molecule has 2 amide bonds. The van der Waals surface area contributed by atoms with Crippen LogP contribution >= 0.6 is 0 Å². The molecule has 0 aliphatic heterocycles. The first-order chi connectivity index (χ1) is 15.1. The summed E-state index contributed by atoms with van der Waals surface area (Å²) >= 11 is 0. The minimum Gasteiger partial charge on any atom is -0.354 e. The molecular formula is C27H30N2O2. The molecule has 0 aliphatic carbocycles. The molecule has 3 aromatic rings. The molecule has 1 N–H and O–H groups in total. The van der Waals surface area contributed by atoms with Gasteiger partial charge in [-0.1, -0.05) is 105 Å². The zero-order chi connectivity index (χ0) is 22.1. The smallest absolute Gasteiger partial charge is 0.247 e. The highest BCUT2D eigenvalue weighted by Crippen LogP contribution is 2.25. The average Bonchev–Trinajstić information content (AvgIpc) is 2.80. The second kappa shape index (κ2) is 11.1. The fraction of sp³-hybridized carbons (Fsp3) is 0.259. The number of rotatable bonds is 9. The first-order valence-corrected chi connectivity index (χ1v) is 10.8. The Morgan fingerprint density at radius 3 is 1.84 bits per heavy atom. The molecule has 0 aliphatic rings. The minimum absolute atomic E-state index is 0.0454. The monoisotopic (exact) mass is 414 g/mol. The van der Waals surface area contributed by atoms with Gasteiger partial charge in [0.2, 0.25) is 11.8 Å². The van der Waals surface area contributed by atoms with Gasteiger partial charge < -0.3 is 10.2 Å². The predicted molar refractivity (Wildman–Crippen MR) is 124 cm³/mol. The molecule has 160 valence electrons. The number of hydrogen-bond acceptors (Lipinski definition) is 2. The predicted octanol–water partition coefficient (Wildman–Crippen LogP) is 4.77. The summed E-state index contributed by atoms with van der Waals surface area (Å²) in [6, 6.07) is 28.7. The maximum atomic E-state index is 13.4. The summed E-state index contributed by atoms with van der Waals surface area (Å²) in [6.07, 6.45) is 0.741. The van der Waals surface area contributed by atoms with Crippen molar-refractivity contribution in [3.63, 3.8) is 0 Å². The number of benzene rings is 3. The Morgan fingerprint density at radius 2 is 1.29 bits per heavy atom. The quantitative estimate of drug-likeness (QED) is 0.548. The van der Waals surface area contributed by atoms with Crippen molar-refractivity contribution in [3.05, 3.63) is 108 Å². The first-order valence-electron chi connectivity index (χ1n) is 10.8. The Kier molecular flexibility index (Phi) is 7.99. The molecular weight excluding hydrogens is 384 g/mol. The molecule has 0 spiro atoms. The molecule has 0 heterocycles. The van der Waals surface area contributed by atoms with Crippen molar-refractivity contribution >= 4 is 11.8 Å². The van der Waals surface area contributed by atoms with E-state index < -0.39 is 6.04 Å². The van der Waals surface area contributed by atoms with Crippen LogP contribution in [-0.2, 0) is 22.6 Å². The van der Waals surface area contributed by atoms with Crippen LogP contribution in [-0.4, -0.2) is 23.3 Å². The van der Waals surface area contributed by atoms with Crippen molar-refractivity contribution < 1.29 is 9.59 Å². The lowest BCUT2D eigenvalue weighted by Gasteiger charge is -2.33. The molecule has 0 aromatic heterocycles. The number of nitrogens with one attached hydrogen (secondary N) is 1. The van der Waals surface area contributed by atoms with E-state index in [0.717, 1.165) is 17.5 Å². The topological polar surface area (TPSA) is 49.4 Å². The van der Waals surface area contributed by atoms with E-state index in [1.807, 2.05) is 105 Å². The molecule has 0 unspecified atom stereocenters. The Morgan fingerprint density at radius 1 is 0.774 bits per heavy atom. The Hall–Kier alpha value is -3.40. The number of hydrogen-bond donors (Lipinski definition) is 1. The van der Waals surface area contributed by atoms with Crippen LogP contribution in [0.25, 0.3) is 0 Å². The highest BCUT2D eigenvalue weighted by Gasteiger charge is 2.32. The minimum atomic E-state index is -0.688. The SMILES string of the molecule is CC(C)C(=O)N(Cc1ccccc1)[C@H](C(=O)NCCc1ccccc1)c1ccccc1. The van der Waals surface area contributed by atoms with Gasteiger partial charge in [0.05, 0.1) is 0 Å². The van der Waals surface area contributed by atoms with Gasteiger partial charge in [-0.05, 0) is 23.1 Å². The van der Waals surface area contributed by atoms with Crippen LogP contribution in [0.5, 0.6) is 0 Å². The van der Waals surface area contributed by atoms with Gasteiger partial charge in [-0.25, -0.2) is 0 Å². The van der Waals surface area contributed by atoms with Crippen LogP contribution in [0.2, 0.25) is 0 Å². The second-order valence-electron chi connectivity index (χ2n) is 7.95. The lowest BCUT2D eigenvalue weighted by molar-refractivity contribution is -0.144. The fourth-order valence-electron chi connectivity index (χ4n) is 3.59. The maximum Gasteiger partial charge on any atom is 0.247 e. The van der Waals surface area contributed by atoms with Gasteiger partial charge in [0.1, 0.15) is 6.04 Å². The summed E-state index contributed by atoms with van der Waals surface area (Å²) in [6.45, 7) is 4.64. The molecule has 4 nitrogen and oxygen atoms in total. The number of nitrogens with zero attached hydrogens (tertiary/aromatic N) is 1. The summed E-state index contributed by atoms with van der Waals surface area (Å²) in [4.78, 5) is 28.3. The Balaban J connectivity index is 1.85. The van der Waals surface area contributed by atoms with E-state index in [-0.39, 0.29) is 17.7 Å². The molecule has 0 saturated carbocycles. The van der Waals surface area contributed by atoms with Gasteiger partial charge in [-0.3, -0.25) is 9.59 Å². The van der Waals surface area contributed by atoms with E-state index in [4.69, 9.17) is 0 Å². The van der Waals surface area contributed by atoms with Crippen molar-refractivity contribution in [1.82, 2.24) is 10.2 Å². The molecule has 0 radical (unpaired) electrons. The van der Waals surface area contributed by atoms with Crippen LogP contribution < -0.4 is 5.32 Å². The molecule has 4 heteroatoms. The van der Waals surface area contributed by atoms with Gasteiger partial charge in [-0.2, -0.15) is 0 Å². The van der Waals surface area contributed by atoms with Gasteiger partial charge in [0.25, 0.3) is 0 Å². The van der Waals surface area contributed by atoms with Crippen LogP contribution in [0.1, 0.15) is 36.6 Å². The van der Waals surface area contributed by atoms with E-state index in [1.54, 1.807) is 4.90 Å². The Bertz CT molecular complexity index is 956. The van der Waals surface area contributed by atoms with Gasteiger partial charge in [0.15, 0.2) is 0 Å². The van der Waals surface area contributed by atoms with Crippen molar-refractivity contribution in [2.24, 2.45) is 5.92 Å². The van der Waals surface area contributed by atoms with Crippen LogP contribution in [0.4, 0.5) is 0 Å². The molecule has 0 bridgehead atoms. The molecule has 31 heavy (non-hydrogen) atoms. The van der Waals surface area contributed by atoms with Crippen LogP contribution in [0.3, 0.4) is 0 Å². The summed E-state index contributed by atoms with van der Waals surface area (Å²) in [5.74, 6) is -0.421. The van der Waals surface area contributed by atoms with E-state index in [0.29, 0.717) is 13.1 Å². The van der Waals surface area contributed by atoms with Crippen LogP contribution in [0, 0.1) is 5.92 Å². The third kappa shape index (κ3) is 6.29. The first kappa shape index (κ1) is 22.3. The number of amides is 2. The van der Waals surface area contributed by atoms with Crippen molar-refractivity contribution in [2.75, 3.05) is 6.54 Å². The average molecular weight is 415 g/mol. The van der Waals surface area contributed by atoms with E-state index in [2.05, 4.69) is 5.32 Å². The number of carbonyl (C=O) groups is 2. The van der Waals surface area contributed by atoms with Gasteiger partial charge in [0, 0.05) is 19.0 Å². The molecule has 3 rings (SSSR count). The zero-order valence-corrected chi connectivity index (χ0v) is 18.2. The molecule has 0 saturated heterocycles. The zero-order valence-electron chi connectivity index (χ0n) is 18.2.